The second-order valence-corrected chi connectivity index (χ2v) is 10.3. The average Bonchev–Trinajstić information content (AvgIpc) is 2.86. The summed E-state index contributed by atoms with van der Waals surface area (Å²) in [4.78, 5) is 24.5. The molecule has 4 aliphatic rings. The Bertz CT molecular complexity index is 734. The van der Waals surface area contributed by atoms with E-state index < -0.39 is 11.0 Å². The number of rotatable bonds is 2. The van der Waals surface area contributed by atoms with Gasteiger partial charge in [-0.15, -0.1) is 0 Å². The van der Waals surface area contributed by atoms with Crippen LogP contribution in [0.15, 0.2) is 5.16 Å². The van der Waals surface area contributed by atoms with Crippen molar-refractivity contribution in [1.82, 2.24) is 0 Å². The first kappa shape index (κ1) is 19.7. The third-order valence-electron chi connectivity index (χ3n) is 9.07. The molecule has 0 saturated heterocycles. The molecule has 1 N–H and O–H groups in total. The number of carbonyl (C=O) groups is 2. The van der Waals surface area contributed by atoms with Crippen molar-refractivity contribution in [1.29, 1.82) is 0 Å². The minimum Gasteiger partial charge on any atom is -0.469 e. The molecule has 0 aromatic heterocycles. The van der Waals surface area contributed by atoms with Crippen LogP contribution in [0.2, 0.25) is 0 Å². The number of fused-ring (bicyclic) bond motifs is 3. The first-order valence-electron chi connectivity index (χ1n) is 10.7. The maximum Gasteiger partial charge on any atom is 0.311 e. The van der Waals surface area contributed by atoms with Crippen molar-refractivity contribution in [2.24, 2.45) is 33.2 Å². The monoisotopic (exact) mass is 391 g/mol. The van der Waals surface area contributed by atoms with Gasteiger partial charge in [-0.3, -0.25) is 9.59 Å². The summed E-state index contributed by atoms with van der Waals surface area (Å²) in [6.45, 7) is 5.90. The van der Waals surface area contributed by atoms with Crippen LogP contribution in [-0.4, -0.2) is 35.6 Å². The molecule has 28 heavy (non-hydrogen) atoms. The molecule has 0 radical (unpaired) electrons. The van der Waals surface area contributed by atoms with Crippen molar-refractivity contribution < 1.29 is 24.3 Å². The summed E-state index contributed by atoms with van der Waals surface area (Å²) in [5.41, 5.74) is -0.485. The highest BCUT2D eigenvalue weighted by Gasteiger charge is 2.69. The minimum absolute atomic E-state index is 0.00508. The topological polar surface area (TPSA) is 85.2 Å². The smallest absolute Gasteiger partial charge is 0.311 e. The molecule has 156 valence electrons. The van der Waals surface area contributed by atoms with E-state index in [2.05, 4.69) is 19.0 Å². The van der Waals surface area contributed by atoms with E-state index in [9.17, 15) is 14.8 Å². The van der Waals surface area contributed by atoms with Gasteiger partial charge in [0.25, 0.3) is 0 Å². The van der Waals surface area contributed by atoms with Gasteiger partial charge in [0.05, 0.1) is 12.5 Å². The van der Waals surface area contributed by atoms with E-state index in [1.165, 1.54) is 14.0 Å². The number of hydrogen-bond acceptors (Lipinski definition) is 6. The van der Waals surface area contributed by atoms with Gasteiger partial charge >= 0.3 is 11.9 Å². The molecular weight excluding hydrogens is 358 g/mol. The molecule has 0 aromatic carbocycles. The minimum atomic E-state index is -0.736. The lowest BCUT2D eigenvalue weighted by Crippen LogP contribution is -2.59. The van der Waals surface area contributed by atoms with Gasteiger partial charge in [-0.1, -0.05) is 18.5 Å². The Morgan fingerprint density at radius 2 is 1.82 bits per heavy atom. The second kappa shape index (κ2) is 6.20. The quantitative estimate of drug-likeness (QED) is 0.435. The van der Waals surface area contributed by atoms with Gasteiger partial charge in [-0.05, 0) is 81.0 Å². The van der Waals surface area contributed by atoms with Crippen molar-refractivity contribution in [2.45, 2.75) is 84.2 Å². The maximum atomic E-state index is 12.7. The van der Waals surface area contributed by atoms with Crippen LogP contribution in [-0.2, 0) is 19.1 Å². The Morgan fingerprint density at radius 1 is 1.11 bits per heavy atom. The average molecular weight is 392 g/mol. The summed E-state index contributed by atoms with van der Waals surface area (Å²) in [6.07, 6.45) is 8.07. The first-order chi connectivity index (χ1) is 13.2. The number of nitrogens with zero attached hydrogens (tertiary/aromatic N) is 1. The largest absolute Gasteiger partial charge is 0.469 e. The van der Waals surface area contributed by atoms with Crippen molar-refractivity contribution in [3.05, 3.63) is 0 Å². The molecule has 2 bridgehead atoms. The summed E-state index contributed by atoms with van der Waals surface area (Å²) in [5, 5.41) is 13.3. The Labute approximate surface area is 167 Å². The van der Waals surface area contributed by atoms with Crippen LogP contribution >= 0.6 is 0 Å². The van der Waals surface area contributed by atoms with Crippen molar-refractivity contribution in [2.75, 3.05) is 7.11 Å². The summed E-state index contributed by atoms with van der Waals surface area (Å²) in [5.74, 6) is 0.347. The number of hydrogen-bond donors (Lipinski definition) is 1. The van der Waals surface area contributed by atoms with Gasteiger partial charge in [0.2, 0.25) is 0 Å². The van der Waals surface area contributed by atoms with Gasteiger partial charge in [0.1, 0.15) is 5.71 Å². The van der Waals surface area contributed by atoms with Crippen LogP contribution in [0.25, 0.3) is 0 Å². The molecule has 6 heteroatoms. The molecule has 6 atom stereocenters. The molecule has 0 aromatic rings. The van der Waals surface area contributed by atoms with Gasteiger partial charge in [0.15, 0.2) is 5.60 Å². The molecule has 1 spiro atoms. The van der Waals surface area contributed by atoms with Crippen LogP contribution in [0.5, 0.6) is 0 Å². The van der Waals surface area contributed by atoms with Crippen LogP contribution in [0.4, 0.5) is 0 Å². The number of ether oxygens (including phenoxy) is 2. The van der Waals surface area contributed by atoms with E-state index in [0.717, 1.165) is 44.9 Å². The third kappa shape index (κ3) is 2.42. The van der Waals surface area contributed by atoms with Gasteiger partial charge in [-0.2, -0.15) is 0 Å². The highest BCUT2D eigenvalue weighted by molar-refractivity contribution is 5.97. The summed E-state index contributed by atoms with van der Waals surface area (Å²) in [6, 6.07) is 0. The van der Waals surface area contributed by atoms with E-state index in [1.807, 2.05) is 0 Å². The Hall–Kier alpha value is -1.59. The highest BCUT2D eigenvalue weighted by Crippen LogP contribution is 2.72. The molecule has 0 heterocycles. The maximum absolute atomic E-state index is 12.7. The number of carbonyl (C=O) groups excluding carboxylic acids is 2. The van der Waals surface area contributed by atoms with Gasteiger partial charge < -0.3 is 14.7 Å². The lowest BCUT2D eigenvalue weighted by molar-refractivity contribution is -0.192. The van der Waals surface area contributed by atoms with Crippen molar-refractivity contribution in [3.63, 3.8) is 0 Å². The Balaban J connectivity index is 1.72. The van der Waals surface area contributed by atoms with E-state index in [0.29, 0.717) is 30.4 Å². The number of oxime groups is 1. The summed E-state index contributed by atoms with van der Waals surface area (Å²) < 4.78 is 11.0. The highest BCUT2D eigenvalue weighted by atomic mass is 16.6. The Morgan fingerprint density at radius 3 is 2.46 bits per heavy atom. The van der Waals surface area contributed by atoms with Crippen LogP contribution in [0.1, 0.15) is 78.6 Å². The number of esters is 2. The van der Waals surface area contributed by atoms with E-state index in [-0.39, 0.29) is 22.8 Å². The summed E-state index contributed by atoms with van der Waals surface area (Å²) >= 11 is 0. The zero-order valence-electron chi connectivity index (χ0n) is 17.5. The molecule has 4 aliphatic carbocycles. The lowest BCUT2D eigenvalue weighted by atomic mass is 9.41. The fourth-order valence-corrected chi connectivity index (χ4v) is 8.21. The van der Waals surface area contributed by atoms with E-state index in [1.54, 1.807) is 0 Å². The molecule has 4 saturated carbocycles. The fourth-order valence-electron chi connectivity index (χ4n) is 8.21. The first-order valence-corrected chi connectivity index (χ1v) is 10.7. The van der Waals surface area contributed by atoms with Gasteiger partial charge in [0, 0.05) is 6.92 Å². The molecule has 6 nitrogen and oxygen atoms in total. The Kier molecular flexibility index (Phi) is 4.37. The molecule has 0 amide bonds. The third-order valence-corrected chi connectivity index (χ3v) is 9.07. The van der Waals surface area contributed by atoms with Gasteiger partial charge in [-0.25, -0.2) is 0 Å². The second-order valence-electron chi connectivity index (χ2n) is 10.3. The SMILES string of the molecule is COC(=O)[C@]1(C)CCC[C@@]2(C)[C@@H]3CC[C@]4(OC(C)=O)C[C@@]3(CC[C@@H]21)C/C4=N\O. The standard InChI is InChI=1S/C22H33NO5/c1-14(24)28-22-11-7-16-19(2)8-5-9-20(3,18(25)27-4)15(19)6-10-21(16,13-22)12-17(22)23-26/h15-16,26H,5-13H2,1-4H3/b23-17+/t15-,16-,19+,20+,21+,22-/m0/s1. The molecule has 0 unspecified atom stereocenters. The summed E-state index contributed by atoms with van der Waals surface area (Å²) in [7, 11) is 1.50. The molecule has 0 aliphatic heterocycles. The zero-order valence-corrected chi connectivity index (χ0v) is 17.5. The number of methoxy groups -OCH3 is 1. The predicted octanol–water partition coefficient (Wildman–Crippen LogP) is 4.09. The fraction of sp³-hybridized carbons (Fsp3) is 0.864. The molecule has 4 fully saturated rings. The molecule has 4 rings (SSSR count). The molecular formula is C22H33NO5. The van der Waals surface area contributed by atoms with Crippen LogP contribution < -0.4 is 0 Å². The van der Waals surface area contributed by atoms with Crippen molar-refractivity contribution >= 4 is 17.7 Å². The van der Waals surface area contributed by atoms with Crippen LogP contribution in [0, 0.1) is 28.1 Å². The van der Waals surface area contributed by atoms with Crippen LogP contribution in [0.3, 0.4) is 0 Å². The lowest BCUT2D eigenvalue weighted by Gasteiger charge is -2.63. The normalized spacial score (nSPS) is 48.5. The van der Waals surface area contributed by atoms with Crippen molar-refractivity contribution in [3.8, 4) is 0 Å². The predicted molar refractivity (Wildman–Crippen MR) is 103 cm³/mol. The zero-order chi connectivity index (χ0) is 20.4. The van der Waals surface area contributed by atoms with E-state index >= 15 is 0 Å². The van der Waals surface area contributed by atoms with E-state index in [4.69, 9.17) is 9.47 Å².